The molecule has 0 spiro atoms. The smallest absolute Gasteiger partial charge is 0.492 e. The lowest BCUT2D eigenvalue weighted by Gasteiger charge is -2.08. The van der Waals surface area contributed by atoms with Gasteiger partial charge >= 0.3 is 5.95 Å². The Balaban J connectivity index is 2.10. The Morgan fingerprint density at radius 2 is 2.24 bits per heavy atom. The molecule has 0 atom stereocenters. The number of halogens is 1. The fraction of sp³-hybridized carbons (Fsp3) is 0.182. The van der Waals surface area contributed by atoms with Gasteiger partial charge in [-0.2, -0.15) is 4.68 Å². The summed E-state index contributed by atoms with van der Waals surface area (Å²) in [5.41, 5.74) is 0.496. The summed E-state index contributed by atoms with van der Waals surface area (Å²) < 4.78 is 6.30. The molecule has 0 aliphatic carbocycles. The van der Waals surface area contributed by atoms with Crippen LogP contribution in [0.25, 0.3) is 0 Å². The molecule has 9 nitrogen and oxygen atoms in total. The van der Waals surface area contributed by atoms with Gasteiger partial charge in [0.15, 0.2) is 0 Å². The molecule has 110 valence electrons. The van der Waals surface area contributed by atoms with Crippen molar-refractivity contribution in [3.05, 3.63) is 39.1 Å². The van der Waals surface area contributed by atoms with Crippen LogP contribution in [0.1, 0.15) is 0 Å². The van der Waals surface area contributed by atoms with Crippen LogP contribution in [0.15, 0.2) is 29.0 Å². The zero-order valence-electron chi connectivity index (χ0n) is 10.8. The van der Waals surface area contributed by atoms with E-state index in [9.17, 15) is 14.9 Å². The number of anilines is 1. The van der Waals surface area contributed by atoms with E-state index >= 15 is 0 Å². The number of ether oxygens (including phenoxy) is 1. The number of aromatic nitrogens is 3. The van der Waals surface area contributed by atoms with E-state index in [0.29, 0.717) is 11.4 Å². The molecule has 0 aliphatic heterocycles. The van der Waals surface area contributed by atoms with Crippen molar-refractivity contribution in [1.29, 1.82) is 0 Å². The molecular weight excluding hydrogens is 346 g/mol. The first-order chi connectivity index (χ1) is 10.0. The normalized spacial score (nSPS) is 10.2. The Bertz CT molecular complexity index is 687. The average molecular weight is 356 g/mol. The van der Waals surface area contributed by atoms with Crippen molar-refractivity contribution in [3.63, 3.8) is 0 Å². The first kappa shape index (κ1) is 14.9. The minimum absolute atomic E-state index is 0.101. The molecule has 0 saturated heterocycles. The van der Waals surface area contributed by atoms with Gasteiger partial charge in [-0.3, -0.25) is 4.79 Å². The van der Waals surface area contributed by atoms with Crippen LogP contribution in [0.2, 0.25) is 0 Å². The first-order valence-electron chi connectivity index (χ1n) is 5.69. The highest BCUT2D eigenvalue weighted by Gasteiger charge is 2.21. The molecule has 0 radical (unpaired) electrons. The number of nitro groups is 1. The molecule has 0 saturated carbocycles. The Hall–Kier alpha value is -2.49. The predicted molar refractivity (Wildman–Crippen MR) is 76.0 cm³/mol. The summed E-state index contributed by atoms with van der Waals surface area (Å²) in [5, 5.41) is 16.8. The van der Waals surface area contributed by atoms with Gasteiger partial charge in [0.2, 0.25) is 5.91 Å². The molecule has 0 aliphatic rings. The van der Waals surface area contributed by atoms with Crippen LogP contribution < -0.4 is 10.1 Å². The SMILES string of the molecule is COc1ccccc1NC(=O)Cn1nc([N+](=O)[O-])nc1Br. The van der Waals surface area contributed by atoms with Gasteiger partial charge in [0.05, 0.1) is 12.8 Å². The third kappa shape index (κ3) is 3.54. The number of hydrogen-bond acceptors (Lipinski definition) is 6. The summed E-state index contributed by atoms with van der Waals surface area (Å²) in [6.07, 6.45) is 0. The van der Waals surface area contributed by atoms with Gasteiger partial charge in [-0.05, 0) is 22.0 Å². The van der Waals surface area contributed by atoms with Crippen LogP contribution in [0.4, 0.5) is 11.6 Å². The number of nitrogens with one attached hydrogen (secondary N) is 1. The zero-order valence-corrected chi connectivity index (χ0v) is 12.4. The second-order valence-electron chi connectivity index (χ2n) is 3.84. The quantitative estimate of drug-likeness (QED) is 0.643. The zero-order chi connectivity index (χ0) is 15.4. The highest BCUT2D eigenvalue weighted by molar-refractivity contribution is 9.10. The summed E-state index contributed by atoms with van der Waals surface area (Å²) >= 11 is 3.01. The lowest BCUT2D eigenvalue weighted by Crippen LogP contribution is -2.20. The number of amides is 1. The summed E-state index contributed by atoms with van der Waals surface area (Å²) in [5.74, 6) is -0.485. The van der Waals surface area contributed by atoms with Gasteiger partial charge in [0.1, 0.15) is 12.3 Å². The number of hydrogen-bond donors (Lipinski definition) is 1. The molecule has 1 aromatic heterocycles. The molecule has 1 aromatic carbocycles. The van der Waals surface area contributed by atoms with Gasteiger partial charge in [-0.1, -0.05) is 12.1 Å². The van der Waals surface area contributed by atoms with Crippen LogP contribution >= 0.6 is 15.9 Å². The van der Waals surface area contributed by atoms with Crippen molar-refractivity contribution in [2.24, 2.45) is 0 Å². The number of nitrogens with zero attached hydrogens (tertiary/aromatic N) is 4. The van der Waals surface area contributed by atoms with Crippen molar-refractivity contribution in [2.75, 3.05) is 12.4 Å². The minimum atomic E-state index is -0.737. The second-order valence-corrected chi connectivity index (χ2v) is 4.55. The Kier molecular flexibility index (Phi) is 4.48. The Morgan fingerprint density at radius 1 is 1.52 bits per heavy atom. The molecule has 0 fully saturated rings. The topological polar surface area (TPSA) is 112 Å². The van der Waals surface area contributed by atoms with E-state index in [1.54, 1.807) is 24.3 Å². The molecule has 1 heterocycles. The number of carbonyl (C=O) groups is 1. The molecule has 2 rings (SSSR count). The van der Waals surface area contributed by atoms with Crippen molar-refractivity contribution < 1.29 is 14.5 Å². The van der Waals surface area contributed by atoms with E-state index in [0.717, 1.165) is 4.68 Å². The summed E-state index contributed by atoms with van der Waals surface area (Å²) in [6, 6.07) is 6.89. The summed E-state index contributed by atoms with van der Waals surface area (Å²) in [6.45, 7) is -0.223. The standard InChI is InChI=1S/C11H10BrN5O4/c1-21-8-5-3-2-4-7(8)13-9(18)6-16-10(12)14-11(15-16)17(19)20/h2-5H,6H2,1H3,(H,13,18). The monoisotopic (exact) mass is 355 g/mol. The minimum Gasteiger partial charge on any atom is -0.495 e. The summed E-state index contributed by atoms with van der Waals surface area (Å²) in [4.78, 5) is 25.3. The van der Waals surface area contributed by atoms with Crippen LogP contribution in [0, 0.1) is 10.1 Å². The molecule has 10 heteroatoms. The third-order valence-electron chi connectivity index (χ3n) is 2.45. The maximum Gasteiger partial charge on any atom is 0.492 e. The number of methoxy groups -OCH3 is 1. The van der Waals surface area contributed by atoms with Crippen LogP contribution in [0.3, 0.4) is 0 Å². The molecule has 21 heavy (non-hydrogen) atoms. The Labute approximate surface area is 127 Å². The predicted octanol–water partition coefficient (Wildman–Crippen LogP) is 1.60. The van der Waals surface area contributed by atoms with Gasteiger partial charge in [0.25, 0.3) is 4.73 Å². The van der Waals surface area contributed by atoms with Gasteiger partial charge in [0, 0.05) is 21.0 Å². The Morgan fingerprint density at radius 3 is 2.86 bits per heavy atom. The molecule has 1 N–H and O–H groups in total. The van der Waals surface area contributed by atoms with Crippen LogP contribution in [-0.4, -0.2) is 32.7 Å². The third-order valence-corrected chi connectivity index (χ3v) is 3.04. The van der Waals surface area contributed by atoms with Crippen molar-refractivity contribution in [2.45, 2.75) is 6.54 Å². The highest BCUT2D eigenvalue weighted by Crippen LogP contribution is 2.23. The van der Waals surface area contributed by atoms with Crippen molar-refractivity contribution in [3.8, 4) is 5.75 Å². The number of rotatable bonds is 5. The van der Waals surface area contributed by atoms with Crippen LogP contribution in [0.5, 0.6) is 5.75 Å². The maximum absolute atomic E-state index is 11.9. The first-order valence-corrected chi connectivity index (χ1v) is 6.48. The van der Waals surface area contributed by atoms with E-state index in [2.05, 4.69) is 31.3 Å². The maximum atomic E-state index is 11.9. The summed E-state index contributed by atoms with van der Waals surface area (Å²) in [7, 11) is 1.49. The average Bonchev–Trinajstić information content (AvgIpc) is 2.81. The van der Waals surface area contributed by atoms with Crippen molar-refractivity contribution >= 4 is 33.5 Å². The van der Waals surface area contributed by atoms with E-state index in [4.69, 9.17) is 4.74 Å². The lowest BCUT2D eigenvalue weighted by atomic mass is 10.3. The van der Waals surface area contributed by atoms with E-state index in [1.807, 2.05) is 0 Å². The number of benzene rings is 1. The largest absolute Gasteiger partial charge is 0.495 e. The molecular formula is C11H10BrN5O4. The fourth-order valence-electron chi connectivity index (χ4n) is 1.56. The molecule has 1 amide bonds. The van der Waals surface area contributed by atoms with Gasteiger partial charge < -0.3 is 20.2 Å². The van der Waals surface area contributed by atoms with E-state index < -0.39 is 16.8 Å². The lowest BCUT2D eigenvalue weighted by molar-refractivity contribution is -0.394. The highest BCUT2D eigenvalue weighted by atomic mass is 79.9. The molecule has 0 bridgehead atoms. The second kappa shape index (κ2) is 6.31. The van der Waals surface area contributed by atoms with E-state index in [1.165, 1.54) is 7.11 Å². The fourth-order valence-corrected chi connectivity index (χ4v) is 1.93. The van der Waals surface area contributed by atoms with E-state index in [-0.39, 0.29) is 11.3 Å². The number of para-hydroxylation sites is 2. The van der Waals surface area contributed by atoms with Gasteiger partial charge in [-0.25, -0.2) is 0 Å². The molecule has 2 aromatic rings. The number of carbonyl (C=O) groups excluding carboxylic acids is 1. The van der Waals surface area contributed by atoms with Crippen molar-refractivity contribution in [1.82, 2.24) is 14.8 Å². The molecule has 0 unspecified atom stereocenters. The van der Waals surface area contributed by atoms with Crippen LogP contribution in [-0.2, 0) is 11.3 Å². The van der Waals surface area contributed by atoms with Gasteiger partial charge in [-0.15, -0.1) is 0 Å².